The van der Waals surface area contributed by atoms with E-state index < -0.39 is 0 Å². The lowest BCUT2D eigenvalue weighted by atomic mass is 9.82. The highest BCUT2D eigenvalue weighted by molar-refractivity contribution is 5.84. The van der Waals surface area contributed by atoms with E-state index in [1.165, 1.54) is 25.7 Å². The Balaban J connectivity index is 1.94. The molecule has 2 fully saturated rings. The zero-order valence-corrected chi connectivity index (χ0v) is 13.0. The minimum atomic E-state index is 0.0426. The van der Waals surface area contributed by atoms with E-state index in [2.05, 4.69) is 37.9 Å². The maximum Gasteiger partial charge on any atom is 0.241 e. The second-order valence-corrected chi connectivity index (χ2v) is 6.83. The largest absolute Gasteiger partial charge is 0.326 e. The Kier molecular flexibility index (Phi) is 4.88. The number of nitrogens with one attached hydrogen (secondary N) is 1. The maximum atomic E-state index is 12.5. The number of rotatable bonds is 4. The fourth-order valence-electron chi connectivity index (χ4n) is 3.69. The van der Waals surface area contributed by atoms with Crippen molar-refractivity contribution in [2.45, 2.75) is 72.0 Å². The van der Waals surface area contributed by atoms with Crippen molar-refractivity contribution in [2.24, 2.45) is 17.8 Å². The molecule has 5 atom stereocenters. The predicted molar refractivity (Wildman–Crippen MR) is 78.7 cm³/mol. The molecule has 1 saturated carbocycles. The number of hydrogen-bond acceptors (Lipinski definition) is 2. The van der Waals surface area contributed by atoms with Crippen LogP contribution in [0.25, 0.3) is 0 Å². The van der Waals surface area contributed by atoms with Gasteiger partial charge < -0.3 is 4.90 Å². The Morgan fingerprint density at radius 3 is 2.74 bits per heavy atom. The summed E-state index contributed by atoms with van der Waals surface area (Å²) < 4.78 is 0. The first-order valence-corrected chi connectivity index (χ1v) is 8.09. The van der Waals surface area contributed by atoms with Gasteiger partial charge in [-0.15, -0.1) is 0 Å². The molecule has 2 aliphatic rings. The lowest BCUT2D eigenvalue weighted by Gasteiger charge is -2.31. The van der Waals surface area contributed by atoms with Gasteiger partial charge in [0, 0.05) is 6.54 Å². The first-order chi connectivity index (χ1) is 9.02. The molecule has 0 aromatic carbocycles. The number of nitrogens with zero attached hydrogens (tertiary/aromatic N) is 1. The van der Waals surface area contributed by atoms with Gasteiger partial charge >= 0.3 is 0 Å². The average Bonchev–Trinajstić information content (AvgIpc) is 2.66. The van der Waals surface area contributed by atoms with Crippen molar-refractivity contribution in [1.29, 1.82) is 0 Å². The fraction of sp³-hybridized carbons (Fsp3) is 0.938. The number of carbonyl (C=O) groups is 1. The average molecular weight is 266 g/mol. The van der Waals surface area contributed by atoms with Crippen molar-refractivity contribution in [2.75, 3.05) is 6.54 Å². The van der Waals surface area contributed by atoms with Crippen LogP contribution in [-0.2, 0) is 4.79 Å². The van der Waals surface area contributed by atoms with E-state index in [1.54, 1.807) is 0 Å². The van der Waals surface area contributed by atoms with Gasteiger partial charge in [-0.1, -0.05) is 40.0 Å². The third kappa shape index (κ3) is 3.31. The molecular formula is C16H30N2O. The Hall–Kier alpha value is -0.570. The Morgan fingerprint density at radius 1 is 1.37 bits per heavy atom. The van der Waals surface area contributed by atoms with Crippen LogP contribution in [0.5, 0.6) is 0 Å². The second-order valence-electron chi connectivity index (χ2n) is 6.83. The lowest BCUT2D eigenvalue weighted by molar-refractivity contribution is -0.131. The van der Waals surface area contributed by atoms with Gasteiger partial charge in [0.1, 0.15) is 0 Å². The van der Waals surface area contributed by atoms with Gasteiger partial charge in [0.2, 0.25) is 5.91 Å². The van der Waals surface area contributed by atoms with E-state index >= 15 is 0 Å². The van der Waals surface area contributed by atoms with Gasteiger partial charge in [0.15, 0.2) is 0 Å². The summed E-state index contributed by atoms with van der Waals surface area (Å²) in [5, 5.41) is 3.48. The van der Waals surface area contributed by atoms with E-state index in [-0.39, 0.29) is 12.2 Å². The first-order valence-electron chi connectivity index (χ1n) is 8.09. The van der Waals surface area contributed by atoms with Crippen LogP contribution in [0.15, 0.2) is 0 Å². The highest BCUT2D eigenvalue weighted by Crippen LogP contribution is 2.30. The van der Waals surface area contributed by atoms with Crippen molar-refractivity contribution in [3.05, 3.63) is 0 Å². The van der Waals surface area contributed by atoms with Gasteiger partial charge in [-0.2, -0.15) is 0 Å². The molecule has 3 heteroatoms. The quantitative estimate of drug-likeness (QED) is 0.848. The normalized spacial score (nSPS) is 37.7. The highest BCUT2D eigenvalue weighted by atomic mass is 16.2. The summed E-state index contributed by atoms with van der Waals surface area (Å²) in [6.45, 7) is 9.78. The molecule has 5 unspecified atom stereocenters. The SMILES string of the molecule is CCC(C)C1NC(C)N(CC2CCCC(C)C2)C1=O. The van der Waals surface area contributed by atoms with E-state index in [1.807, 2.05) is 0 Å². The number of carbonyl (C=O) groups excluding carboxylic acids is 1. The van der Waals surface area contributed by atoms with Crippen LogP contribution < -0.4 is 5.32 Å². The fourth-order valence-corrected chi connectivity index (χ4v) is 3.69. The Bertz CT molecular complexity index is 318. The topological polar surface area (TPSA) is 32.3 Å². The lowest BCUT2D eigenvalue weighted by Crippen LogP contribution is -2.39. The van der Waals surface area contributed by atoms with Gasteiger partial charge in [-0.25, -0.2) is 0 Å². The summed E-state index contributed by atoms with van der Waals surface area (Å²) in [6, 6.07) is 0.0426. The van der Waals surface area contributed by atoms with Gasteiger partial charge in [0.05, 0.1) is 12.2 Å². The molecule has 0 aromatic rings. The van der Waals surface area contributed by atoms with E-state index in [0.29, 0.717) is 17.7 Å². The van der Waals surface area contributed by atoms with E-state index in [0.717, 1.165) is 18.9 Å². The molecular weight excluding hydrogens is 236 g/mol. The molecule has 0 aromatic heterocycles. The molecule has 0 radical (unpaired) electrons. The molecule has 3 nitrogen and oxygen atoms in total. The molecule has 1 aliphatic heterocycles. The molecule has 0 spiro atoms. The van der Waals surface area contributed by atoms with Crippen LogP contribution in [0.3, 0.4) is 0 Å². The van der Waals surface area contributed by atoms with E-state index in [4.69, 9.17) is 0 Å². The van der Waals surface area contributed by atoms with Gasteiger partial charge in [0.25, 0.3) is 0 Å². The zero-order valence-electron chi connectivity index (χ0n) is 13.0. The highest BCUT2D eigenvalue weighted by Gasteiger charge is 2.39. The third-order valence-electron chi connectivity index (χ3n) is 5.15. The van der Waals surface area contributed by atoms with Crippen LogP contribution in [0.1, 0.15) is 59.8 Å². The maximum absolute atomic E-state index is 12.5. The summed E-state index contributed by atoms with van der Waals surface area (Å²) in [7, 11) is 0. The van der Waals surface area contributed by atoms with Crippen molar-refractivity contribution in [1.82, 2.24) is 10.2 Å². The minimum absolute atomic E-state index is 0.0426. The zero-order chi connectivity index (χ0) is 14.0. The summed E-state index contributed by atoms with van der Waals surface area (Å²) in [5.41, 5.74) is 0. The molecule has 0 bridgehead atoms. The Morgan fingerprint density at radius 2 is 2.11 bits per heavy atom. The van der Waals surface area contributed by atoms with Crippen molar-refractivity contribution < 1.29 is 4.79 Å². The summed E-state index contributed by atoms with van der Waals surface area (Å²) in [6.07, 6.45) is 6.57. The standard InChI is InChI=1S/C16H30N2O/c1-5-12(3)15-16(19)18(13(4)17-15)10-14-8-6-7-11(2)9-14/h11-15,17H,5-10H2,1-4H3. The second kappa shape index (κ2) is 6.25. The van der Waals surface area contributed by atoms with Crippen LogP contribution in [-0.4, -0.2) is 29.6 Å². The number of hydrogen-bond donors (Lipinski definition) is 1. The van der Waals surface area contributed by atoms with Crippen LogP contribution >= 0.6 is 0 Å². The summed E-state index contributed by atoms with van der Waals surface area (Å²) >= 11 is 0. The molecule has 110 valence electrons. The monoisotopic (exact) mass is 266 g/mol. The smallest absolute Gasteiger partial charge is 0.241 e. The predicted octanol–water partition coefficient (Wildman–Crippen LogP) is 3.01. The Labute approximate surface area is 118 Å². The summed E-state index contributed by atoms with van der Waals surface area (Å²) in [4.78, 5) is 14.6. The van der Waals surface area contributed by atoms with Gasteiger partial charge in [-0.3, -0.25) is 10.1 Å². The van der Waals surface area contributed by atoms with Crippen molar-refractivity contribution in [3.8, 4) is 0 Å². The van der Waals surface area contributed by atoms with E-state index in [9.17, 15) is 4.79 Å². The molecule has 1 N–H and O–H groups in total. The third-order valence-corrected chi connectivity index (χ3v) is 5.15. The molecule has 1 saturated heterocycles. The van der Waals surface area contributed by atoms with Crippen LogP contribution in [0, 0.1) is 17.8 Å². The molecule has 1 amide bonds. The molecule has 19 heavy (non-hydrogen) atoms. The minimum Gasteiger partial charge on any atom is -0.326 e. The van der Waals surface area contributed by atoms with Crippen molar-refractivity contribution >= 4 is 5.91 Å². The van der Waals surface area contributed by atoms with Gasteiger partial charge in [-0.05, 0) is 37.5 Å². The molecule has 1 aliphatic carbocycles. The first kappa shape index (κ1) is 14.8. The number of amides is 1. The molecule has 2 rings (SSSR count). The van der Waals surface area contributed by atoms with Crippen LogP contribution in [0.2, 0.25) is 0 Å². The van der Waals surface area contributed by atoms with Crippen LogP contribution in [0.4, 0.5) is 0 Å². The molecule has 1 heterocycles. The summed E-state index contributed by atoms with van der Waals surface area (Å²) in [5.74, 6) is 2.32. The van der Waals surface area contributed by atoms with Crippen molar-refractivity contribution in [3.63, 3.8) is 0 Å².